The lowest BCUT2D eigenvalue weighted by molar-refractivity contribution is 0.528. The van der Waals surface area contributed by atoms with Crippen molar-refractivity contribution in [2.75, 3.05) is 0 Å². The number of hydrogen-bond donors (Lipinski definition) is 1. The van der Waals surface area contributed by atoms with Crippen LogP contribution in [0.4, 0.5) is 0 Å². The molecule has 90 valence electrons. The van der Waals surface area contributed by atoms with E-state index >= 15 is 0 Å². The van der Waals surface area contributed by atoms with E-state index < -0.39 is 0 Å². The topological polar surface area (TPSA) is 38.1 Å². The molecule has 1 N–H and O–H groups in total. The van der Waals surface area contributed by atoms with E-state index in [1.165, 1.54) is 12.8 Å². The zero-order valence-electron chi connectivity index (χ0n) is 9.90. The van der Waals surface area contributed by atoms with Gasteiger partial charge in [0.15, 0.2) is 10.8 Å². The second kappa shape index (κ2) is 4.63. The molecule has 0 unspecified atom stereocenters. The maximum atomic E-state index is 5.70. The SMILES string of the molecule is CCc1ccc(-c2nc(CNC3CC3)cs2)o1. The Labute approximate surface area is 105 Å². The van der Waals surface area contributed by atoms with Crippen molar-refractivity contribution in [3.05, 3.63) is 29.0 Å². The molecule has 1 aliphatic carbocycles. The summed E-state index contributed by atoms with van der Waals surface area (Å²) in [5, 5.41) is 6.56. The monoisotopic (exact) mass is 248 g/mol. The van der Waals surface area contributed by atoms with Crippen LogP contribution < -0.4 is 5.32 Å². The van der Waals surface area contributed by atoms with Crippen LogP contribution in [-0.4, -0.2) is 11.0 Å². The molecule has 0 radical (unpaired) electrons. The fourth-order valence-electron chi connectivity index (χ4n) is 1.72. The molecule has 1 saturated carbocycles. The summed E-state index contributed by atoms with van der Waals surface area (Å²) in [6, 6.07) is 4.77. The van der Waals surface area contributed by atoms with Crippen LogP contribution in [0.25, 0.3) is 10.8 Å². The fourth-order valence-corrected chi connectivity index (χ4v) is 2.50. The van der Waals surface area contributed by atoms with Gasteiger partial charge in [-0.15, -0.1) is 11.3 Å². The molecule has 3 nitrogen and oxygen atoms in total. The first-order valence-electron chi connectivity index (χ1n) is 6.12. The molecule has 2 heterocycles. The van der Waals surface area contributed by atoms with Crippen molar-refractivity contribution in [2.24, 2.45) is 0 Å². The molecule has 0 aliphatic heterocycles. The number of furan rings is 1. The Bertz CT molecular complexity index is 499. The van der Waals surface area contributed by atoms with Crippen LogP contribution in [0.2, 0.25) is 0 Å². The van der Waals surface area contributed by atoms with Gasteiger partial charge in [-0.05, 0) is 25.0 Å². The van der Waals surface area contributed by atoms with E-state index in [0.717, 1.165) is 41.2 Å². The molecule has 4 heteroatoms. The summed E-state index contributed by atoms with van der Waals surface area (Å²) in [4.78, 5) is 4.59. The Kier molecular flexibility index (Phi) is 2.99. The Hall–Kier alpha value is -1.13. The van der Waals surface area contributed by atoms with E-state index in [2.05, 4.69) is 22.6 Å². The van der Waals surface area contributed by atoms with Crippen molar-refractivity contribution in [2.45, 2.75) is 38.8 Å². The normalized spacial score (nSPS) is 15.4. The van der Waals surface area contributed by atoms with Gasteiger partial charge in [-0.2, -0.15) is 0 Å². The standard InChI is InChI=1S/C13H16N2OS/c1-2-11-5-6-12(16-11)13-15-10(8-17-13)7-14-9-3-4-9/h5-6,8-9,14H,2-4,7H2,1H3. The van der Waals surface area contributed by atoms with Crippen LogP contribution in [0.5, 0.6) is 0 Å². The highest BCUT2D eigenvalue weighted by molar-refractivity contribution is 7.13. The van der Waals surface area contributed by atoms with E-state index in [9.17, 15) is 0 Å². The highest BCUT2D eigenvalue weighted by Gasteiger charge is 2.20. The average Bonchev–Trinajstić information content (AvgIpc) is 2.89. The molecule has 0 atom stereocenters. The molecular formula is C13H16N2OS. The number of thiazole rings is 1. The number of hydrogen-bond acceptors (Lipinski definition) is 4. The maximum absolute atomic E-state index is 5.70. The van der Waals surface area contributed by atoms with Gasteiger partial charge in [0.2, 0.25) is 0 Å². The minimum atomic E-state index is 0.732. The van der Waals surface area contributed by atoms with Crippen LogP contribution in [0.3, 0.4) is 0 Å². The lowest BCUT2D eigenvalue weighted by Gasteiger charge is -1.97. The zero-order valence-corrected chi connectivity index (χ0v) is 10.7. The Morgan fingerprint density at radius 2 is 2.35 bits per heavy atom. The number of aryl methyl sites for hydroxylation is 1. The molecule has 17 heavy (non-hydrogen) atoms. The highest BCUT2D eigenvalue weighted by atomic mass is 32.1. The lowest BCUT2D eigenvalue weighted by atomic mass is 10.3. The maximum Gasteiger partial charge on any atom is 0.162 e. The summed E-state index contributed by atoms with van der Waals surface area (Å²) in [5.41, 5.74) is 1.12. The highest BCUT2D eigenvalue weighted by Crippen LogP contribution is 2.26. The van der Waals surface area contributed by atoms with Crippen LogP contribution in [0.1, 0.15) is 31.2 Å². The second-order valence-corrected chi connectivity index (χ2v) is 5.28. The second-order valence-electron chi connectivity index (χ2n) is 4.42. The molecule has 0 saturated heterocycles. The van der Waals surface area contributed by atoms with Crippen molar-refractivity contribution in [3.8, 4) is 10.8 Å². The molecule has 3 rings (SSSR count). The summed E-state index contributed by atoms with van der Waals surface area (Å²) >= 11 is 1.65. The summed E-state index contributed by atoms with van der Waals surface area (Å²) in [6.07, 6.45) is 3.56. The van der Waals surface area contributed by atoms with Crippen molar-refractivity contribution in [3.63, 3.8) is 0 Å². The van der Waals surface area contributed by atoms with Crippen molar-refractivity contribution >= 4 is 11.3 Å². The molecule has 0 aromatic carbocycles. The smallest absolute Gasteiger partial charge is 0.162 e. The minimum absolute atomic E-state index is 0.732. The number of nitrogens with zero attached hydrogens (tertiary/aromatic N) is 1. The first-order chi connectivity index (χ1) is 8.35. The minimum Gasteiger partial charge on any atom is -0.459 e. The third-order valence-corrected chi connectivity index (χ3v) is 3.83. The van der Waals surface area contributed by atoms with Crippen LogP contribution >= 0.6 is 11.3 Å². The Morgan fingerprint density at radius 3 is 3.06 bits per heavy atom. The van der Waals surface area contributed by atoms with Crippen LogP contribution in [-0.2, 0) is 13.0 Å². The number of nitrogens with one attached hydrogen (secondary N) is 1. The number of aromatic nitrogens is 1. The average molecular weight is 248 g/mol. The van der Waals surface area contributed by atoms with Gasteiger partial charge in [0, 0.05) is 24.4 Å². The Balaban J connectivity index is 1.69. The number of rotatable bonds is 5. The molecule has 0 spiro atoms. The summed E-state index contributed by atoms with van der Waals surface area (Å²) in [6.45, 7) is 2.97. The molecule has 1 aliphatic rings. The van der Waals surface area contributed by atoms with Gasteiger partial charge in [0.25, 0.3) is 0 Å². The largest absolute Gasteiger partial charge is 0.459 e. The Morgan fingerprint density at radius 1 is 1.47 bits per heavy atom. The third kappa shape index (κ3) is 2.58. The van der Waals surface area contributed by atoms with Gasteiger partial charge in [-0.1, -0.05) is 6.92 Å². The van der Waals surface area contributed by atoms with Crippen molar-refractivity contribution in [1.29, 1.82) is 0 Å². The predicted octanol–water partition coefficient (Wildman–Crippen LogP) is 3.22. The first-order valence-corrected chi connectivity index (χ1v) is 7.00. The van der Waals surface area contributed by atoms with E-state index in [1.807, 2.05) is 12.1 Å². The van der Waals surface area contributed by atoms with E-state index in [4.69, 9.17) is 4.42 Å². The quantitative estimate of drug-likeness (QED) is 0.883. The molecule has 1 fully saturated rings. The molecule has 2 aromatic rings. The molecule has 0 amide bonds. The predicted molar refractivity (Wildman–Crippen MR) is 69.1 cm³/mol. The van der Waals surface area contributed by atoms with Crippen LogP contribution in [0, 0.1) is 0 Å². The van der Waals surface area contributed by atoms with Gasteiger partial charge in [-0.3, -0.25) is 0 Å². The van der Waals surface area contributed by atoms with Gasteiger partial charge in [-0.25, -0.2) is 4.98 Å². The lowest BCUT2D eigenvalue weighted by Crippen LogP contribution is -2.15. The van der Waals surface area contributed by atoms with Gasteiger partial charge >= 0.3 is 0 Å². The third-order valence-electron chi connectivity index (χ3n) is 2.92. The zero-order chi connectivity index (χ0) is 11.7. The van der Waals surface area contributed by atoms with Crippen LogP contribution in [0.15, 0.2) is 21.9 Å². The van der Waals surface area contributed by atoms with E-state index in [0.29, 0.717) is 0 Å². The van der Waals surface area contributed by atoms with E-state index in [1.54, 1.807) is 11.3 Å². The van der Waals surface area contributed by atoms with Gasteiger partial charge in [0.05, 0.1) is 5.69 Å². The summed E-state index contributed by atoms with van der Waals surface area (Å²) in [5.74, 6) is 1.91. The molecule has 0 bridgehead atoms. The van der Waals surface area contributed by atoms with Gasteiger partial charge in [0.1, 0.15) is 5.76 Å². The molecular weight excluding hydrogens is 232 g/mol. The molecule has 2 aromatic heterocycles. The first kappa shape index (κ1) is 11.0. The van der Waals surface area contributed by atoms with Gasteiger partial charge < -0.3 is 9.73 Å². The van der Waals surface area contributed by atoms with E-state index in [-0.39, 0.29) is 0 Å². The van der Waals surface area contributed by atoms with Crippen molar-refractivity contribution < 1.29 is 4.42 Å². The van der Waals surface area contributed by atoms with Crippen molar-refractivity contribution in [1.82, 2.24) is 10.3 Å². The summed E-state index contributed by atoms with van der Waals surface area (Å²) < 4.78 is 5.70. The fraction of sp³-hybridized carbons (Fsp3) is 0.462. The summed E-state index contributed by atoms with van der Waals surface area (Å²) in [7, 11) is 0.